The Labute approximate surface area is 161 Å². The zero-order valence-electron chi connectivity index (χ0n) is 15.7. The zero-order chi connectivity index (χ0) is 19.5. The highest BCUT2D eigenvalue weighted by Gasteiger charge is 2.41. The number of amides is 2. The standard InChI is InChI=1S/C16H28Cl3NO3Si/c1-11(2)9-12(24(6,7)8)10-20(13(21)16(17,18)19)14(22)23-15(3,4)5/h9,11H,10H2,1-8H3/b12-9-. The number of nitrogens with zero attached hydrogens (tertiary/aromatic N) is 1. The minimum atomic E-state index is -2.22. The number of alkyl halides is 3. The molecule has 0 aliphatic carbocycles. The molecular formula is C16H28Cl3NO3Si. The Bertz CT molecular complexity index is 500. The second-order valence-corrected chi connectivity index (χ2v) is 15.5. The van der Waals surface area contributed by atoms with E-state index in [1.165, 1.54) is 0 Å². The van der Waals surface area contributed by atoms with Crippen molar-refractivity contribution >= 4 is 54.9 Å². The monoisotopic (exact) mass is 415 g/mol. The molecule has 2 amide bonds. The molecule has 0 aliphatic heterocycles. The predicted octanol–water partition coefficient (Wildman–Crippen LogP) is 5.58. The van der Waals surface area contributed by atoms with Crippen LogP contribution in [0.25, 0.3) is 0 Å². The summed E-state index contributed by atoms with van der Waals surface area (Å²) in [7, 11) is -1.79. The van der Waals surface area contributed by atoms with Crippen LogP contribution in [0.1, 0.15) is 34.6 Å². The Morgan fingerprint density at radius 2 is 1.58 bits per heavy atom. The van der Waals surface area contributed by atoms with Gasteiger partial charge in [0.25, 0.3) is 9.70 Å². The van der Waals surface area contributed by atoms with Crippen LogP contribution in [0.4, 0.5) is 4.79 Å². The van der Waals surface area contributed by atoms with Gasteiger partial charge in [-0.1, -0.05) is 79.6 Å². The Balaban J connectivity index is 5.79. The van der Waals surface area contributed by atoms with Gasteiger partial charge < -0.3 is 4.74 Å². The zero-order valence-corrected chi connectivity index (χ0v) is 18.9. The van der Waals surface area contributed by atoms with E-state index in [1.54, 1.807) is 20.8 Å². The van der Waals surface area contributed by atoms with Crippen molar-refractivity contribution in [3.63, 3.8) is 0 Å². The predicted molar refractivity (Wildman–Crippen MR) is 105 cm³/mol. The van der Waals surface area contributed by atoms with E-state index in [9.17, 15) is 9.59 Å². The summed E-state index contributed by atoms with van der Waals surface area (Å²) in [4.78, 5) is 25.8. The van der Waals surface area contributed by atoms with Gasteiger partial charge in [-0.3, -0.25) is 4.79 Å². The van der Waals surface area contributed by atoms with E-state index in [4.69, 9.17) is 39.5 Å². The van der Waals surface area contributed by atoms with Crippen LogP contribution in [-0.2, 0) is 9.53 Å². The lowest BCUT2D eigenvalue weighted by atomic mass is 10.2. The van der Waals surface area contributed by atoms with Gasteiger partial charge in [0.15, 0.2) is 0 Å². The first-order chi connectivity index (χ1) is 10.4. The Morgan fingerprint density at radius 1 is 1.12 bits per heavy atom. The first-order valence-electron chi connectivity index (χ1n) is 7.78. The topological polar surface area (TPSA) is 46.6 Å². The number of rotatable bonds is 4. The van der Waals surface area contributed by atoms with Crippen LogP contribution in [0, 0.1) is 5.92 Å². The second-order valence-electron chi connectivity index (χ2n) is 8.06. The summed E-state index contributed by atoms with van der Waals surface area (Å²) in [6.07, 6.45) is 1.25. The fraction of sp³-hybridized carbons (Fsp3) is 0.750. The van der Waals surface area contributed by atoms with Crippen LogP contribution < -0.4 is 0 Å². The van der Waals surface area contributed by atoms with Crippen LogP contribution >= 0.6 is 34.8 Å². The Kier molecular flexibility index (Phi) is 8.35. The fourth-order valence-electron chi connectivity index (χ4n) is 1.80. The van der Waals surface area contributed by atoms with E-state index < -0.39 is 29.5 Å². The number of carbonyl (C=O) groups is 2. The summed E-state index contributed by atoms with van der Waals surface area (Å²) in [5.41, 5.74) is -0.760. The maximum atomic E-state index is 12.5. The first-order valence-corrected chi connectivity index (χ1v) is 12.4. The van der Waals surface area contributed by atoms with Crippen LogP contribution in [0.5, 0.6) is 0 Å². The molecular weight excluding hydrogens is 389 g/mol. The SMILES string of the molecule is CC(C)/C=C(/CN(C(=O)OC(C)(C)C)C(=O)C(Cl)(Cl)Cl)[Si](C)(C)C. The average Bonchev–Trinajstić information content (AvgIpc) is 2.27. The molecule has 0 spiro atoms. The van der Waals surface area contributed by atoms with E-state index >= 15 is 0 Å². The van der Waals surface area contributed by atoms with E-state index in [0.717, 1.165) is 10.1 Å². The van der Waals surface area contributed by atoms with Crippen LogP contribution in [-0.4, -0.2) is 40.9 Å². The fourth-order valence-corrected chi connectivity index (χ4v) is 3.57. The van der Waals surface area contributed by atoms with Gasteiger partial charge in [0.1, 0.15) is 5.60 Å². The first kappa shape index (κ1) is 23.8. The molecule has 0 heterocycles. The smallest absolute Gasteiger partial charge is 0.417 e. The summed E-state index contributed by atoms with van der Waals surface area (Å²) in [5, 5.41) is 1.02. The number of imide groups is 1. The largest absolute Gasteiger partial charge is 0.443 e. The molecule has 0 N–H and O–H groups in total. The van der Waals surface area contributed by atoms with Crippen molar-refractivity contribution in [1.29, 1.82) is 0 Å². The quantitative estimate of drug-likeness (QED) is 0.444. The summed E-state index contributed by atoms with van der Waals surface area (Å²) in [6.45, 7) is 15.7. The highest BCUT2D eigenvalue weighted by atomic mass is 35.6. The number of ether oxygens (including phenoxy) is 1. The maximum Gasteiger partial charge on any atom is 0.417 e. The third-order valence-corrected chi connectivity index (χ3v) is 5.66. The lowest BCUT2D eigenvalue weighted by Gasteiger charge is -2.31. The second kappa shape index (κ2) is 8.43. The number of allylic oxidation sites excluding steroid dienone is 1. The number of hydrogen-bond acceptors (Lipinski definition) is 3. The molecule has 4 nitrogen and oxygen atoms in total. The number of carbonyl (C=O) groups excluding carboxylic acids is 2. The van der Waals surface area contributed by atoms with Gasteiger partial charge in [0, 0.05) is 6.54 Å². The van der Waals surface area contributed by atoms with Gasteiger partial charge >= 0.3 is 6.09 Å². The lowest BCUT2D eigenvalue weighted by molar-refractivity contribution is -0.128. The minimum Gasteiger partial charge on any atom is -0.443 e. The van der Waals surface area contributed by atoms with E-state index in [0.29, 0.717) is 0 Å². The van der Waals surface area contributed by atoms with Gasteiger partial charge in [0.05, 0.1) is 8.07 Å². The number of hydrogen-bond donors (Lipinski definition) is 0. The molecule has 0 aromatic heterocycles. The summed E-state index contributed by atoms with van der Waals surface area (Å²) < 4.78 is 3.09. The van der Waals surface area contributed by atoms with Gasteiger partial charge in [0.2, 0.25) is 0 Å². The molecule has 0 radical (unpaired) electrons. The number of halogens is 3. The molecule has 24 heavy (non-hydrogen) atoms. The van der Waals surface area contributed by atoms with Crippen molar-refractivity contribution in [2.75, 3.05) is 6.54 Å². The Hall–Kier alpha value is -0.233. The van der Waals surface area contributed by atoms with Gasteiger partial charge in [-0.05, 0) is 26.7 Å². The van der Waals surface area contributed by atoms with Crippen LogP contribution in [0.15, 0.2) is 11.3 Å². The van der Waals surface area contributed by atoms with E-state index in [1.807, 2.05) is 13.8 Å². The third kappa shape index (κ3) is 8.74. The van der Waals surface area contributed by atoms with Crippen LogP contribution in [0.3, 0.4) is 0 Å². The molecule has 0 bridgehead atoms. The summed E-state index contributed by atoms with van der Waals surface area (Å²) >= 11 is 17.2. The molecule has 0 fully saturated rings. The average molecular weight is 417 g/mol. The van der Waals surface area contributed by atoms with E-state index in [-0.39, 0.29) is 12.5 Å². The van der Waals surface area contributed by atoms with E-state index in [2.05, 4.69) is 25.7 Å². The highest BCUT2D eigenvalue weighted by Crippen LogP contribution is 2.30. The molecule has 0 aromatic rings. The molecule has 0 saturated carbocycles. The van der Waals surface area contributed by atoms with Crippen molar-refractivity contribution < 1.29 is 14.3 Å². The Morgan fingerprint density at radius 3 is 1.88 bits per heavy atom. The van der Waals surface area contributed by atoms with Crippen LogP contribution in [0.2, 0.25) is 19.6 Å². The normalized spacial score (nSPS) is 13.9. The van der Waals surface area contributed by atoms with Crippen molar-refractivity contribution in [3.05, 3.63) is 11.3 Å². The van der Waals surface area contributed by atoms with Crippen molar-refractivity contribution in [2.45, 2.75) is 63.7 Å². The molecule has 0 saturated heterocycles. The molecule has 140 valence electrons. The molecule has 0 aliphatic rings. The summed E-state index contributed by atoms with van der Waals surface area (Å²) in [6, 6.07) is 0. The maximum absolute atomic E-state index is 12.5. The lowest BCUT2D eigenvalue weighted by Crippen LogP contribution is -2.48. The summed E-state index contributed by atoms with van der Waals surface area (Å²) in [5.74, 6) is -0.635. The van der Waals surface area contributed by atoms with Gasteiger partial charge in [-0.25, -0.2) is 9.69 Å². The minimum absolute atomic E-state index is 0.0650. The highest BCUT2D eigenvalue weighted by molar-refractivity contribution is 6.83. The van der Waals surface area contributed by atoms with Gasteiger partial charge in [-0.2, -0.15) is 0 Å². The van der Waals surface area contributed by atoms with Crippen molar-refractivity contribution in [2.24, 2.45) is 5.92 Å². The third-order valence-electron chi connectivity index (χ3n) is 2.93. The molecule has 0 aromatic carbocycles. The molecule has 8 heteroatoms. The molecule has 0 rings (SSSR count). The molecule has 0 unspecified atom stereocenters. The van der Waals surface area contributed by atoms with Crippen molar-refractivity contribution in [1.82, 2.24) is 4.90 Å². The van der Waals surface area contributed by atoms with Gasteiger partial charge in [-0.15, -0.1) is 0 Å². The molecule has 0 atom stereocenters. The van der Waals surface area contributed by atoms with Crippen molar-refractivity contribution in [3.8, 4) is 0 Å².